The van der Waals surface area contributed by atoms with E-state index in [0.717, 1.165) is 6.42 Å². The van der Waals surface area contributed by atoms with Gasteiger partial charge in [0.1, 0.15) is 0 Å². The summed E-state index contributed by atoms with van der Waals surface area (Å²) in [6.45, 7) is 1.31. The third kappa shape index (κ3) is 3.20. The van der Waals surface area contributed by atoms with E-state index in [1.54, 1.807) is 17.1 Å². The number of nitrogens with one attached hydrogen (secondary N) is 1. The van der Waals surface area contributed by atoms with Gasteiger partial charge in [0.25, 0.3) is 0 Å². The predicted octanol–water partition coefficient (Wildman–Crippen LogP) is 2.89. The van der Waals surface area contributed by atoms with Crippen LogP contribution < -0.4 is 10.2 Å². The molecule has 1 heterocycles. The Morgan fingerprint density at radius 2 is 1.81 bits per heavy atom. The lowest BCUT2D eigenvalue weighted by Crippen LogP contribution is -2.46. The fraction of sp³-hybridized carbons (Fsp3) is 0.188. The van der Waals surface area contributed by atoms with E-state index in [4.69, 9.17) is 4.74 Å². The van der Waals surface area contributed by atoms with Crippen LogP contribution in [0.2, 0.25) is 0 Å². The van der Waals surface area contributed by atoms with Crippen LogP contribution in [0.3, 0.4) is 0 Å². The molecule has 1 aliphatic heterocycles. The molecule has 0 atom stereocenters. The van der Waals surface area contributed by atoms with Gasteiger partial charge in [-0.2, -0.15) is 0 Å². The van der Waals surface area contributed by atoms with Crippen molar-refractivity contribution < 1.29 is 13.9 Å². The molecule has 4 nitrogen and oxygen atoms in total. The standard InChI is InChI=1S/C16H15FN2O2/c17-14-7-3-4-8-15(14)21-16(20)18-19-10-9-12-5-1-2-6-13(12)11-19/h1-8H,9-11H2,(H,18,20). The number of rotatable bonds is 2. The van der Waals surface area contributed by atoms with E-state index in [1.807, 2.05) is 18.2 Å². The van der Waals surface area contributed by atoms with E-state index in [2.05, 4.69) is 11.5 Å². The molecule has 2 aromatic rings. The third-order valence-corrected chi connectivity index (χ3v) is 3.42. The topological polar surface area (TPSA) is 41.6 Å². The highest BCUT2D eigenvalue weighted by Crippen LogP contribution is 2.18. The number of halogens is 1. The van der Waals surface area contributed by atoms with E-state index >= 15 is 0 Å². The molecule has 21 heavy (non-hydrogen) atoms. The minimum Gasteiger partial charge on any atom is -0.406 e. The molecule has 2 aromatic carbocycles. The van der Waals surface area contributed by atoms with Crippen LogP contribution in [0, 0.1) is 5.82 Å². The molecule has 0 saturated carbocycles. The minimum atomic E-state index is -0.681. The number of hydrogen-bond donors (Lipinski definition) is 1. The van der Waals surface area contributed by atoms with Crippen LogP contribution in [0.1, 0.15) is 11.1 Å². The molecular weight excluding hydrogens is 271 g/mol. The Morgan fingerprint density at radius 3 is 2.62 bits per heavy atom. The molecule has 1 aliphatic rings. The summed E-state index contributed by atoms with van der Waals surface area (Å²) >= 11 is 0. The Labute approximate surface area is 122 Å². The van der Waals surface area contributed by atoms with Crippen molar-refractivity contribution in [3.05, 3.63) is 65.5 Å². The van der Waals surface area contributed by atoms with Crippen LogP contribution in [0.15, 0.2) is 48.5 Å². The maximum Gasteiger partial charge on any atom is 0.427 e. The minimum absolute atomic E-state index is 0.0765. The molecule has 0 radical (unpaired) electrons. The normalized spacial score (nSPS) is 14.3. The van der Waals surface area contributed by atoms with E-state index < -0.39 is 11.9 Å². The number of hydrazine groups is 1. The van der Waals surface area contributed by atoms with Crippen molar-refractivity contribution in [2.75, 3.05) is 6.54 Å². The van der Waals surface area contributed by atoms with Gasteiger partial charge in [0, 0.05) is 13.1 Å². The highest BCUT2D eigenvalue weighted by atomic mass is 19.1. The number of para-hydroxylation sites is 1. The zero-order valence-electron chi connectivity index (χ0n) is 11.4. The molecule has 0 aromatic heterocycles. The Balaban J connectivity index is 1.60. The fourth-order valence-corrected chi connectivity index (χ4v) is 2.37. The molecule has 0 fully saturated rings. The molecule has 108 valence electrons. The maximum absolute atomic E-state index is 13.4. The van der Waals surface area contributed by atoms with Crippen LogP contribution in [-0.2, 0) is 13.0 Å². The first kappa shape index (κ1) is 13.6. The van der Waals surface area contributed by atoms with Gasteiger partial charge in [0.2, 0.25) is 0 Å². The maximum atomic E-state index is 13.4. The summed E-state index contributed by atoms with van der Waals surface area (Å²) in [6.07, 6.45) is 0.176. The van der Waals surface area contributed by atoms with Gasteiger partial charge in [-0.15, -0.1) is 0 Å². The average Bonchev–Trinajstić information content (AvgIpc) is 2.49. The van der Waals surface area contributed by atoms with Gasteiger partial charge in [0.05, 0.1) is 0 Å². The Bertz CT molecular complexity index is 660. The number of nitrogens with zero attached hydrogens (tertiary/aromatic N) is 1. The van der Waals surface area contributed by atoms with E-state index in [1.165, 1.54) is 23.3 Å². The predicted molar refractivity (Wildman–Crippen MR) is 76.1 cm³/mol. The van der Waals surface area contributed by atoms with Gasteiger partial charge < -0.3 is 4.74 Å². The van der Waals surface area contributed by atoms with Crippen molar-refractivity contribution in [3.8, 4) is 5.75 Å². The Morgan fingerprint density at radius 1 is 1.10 bits per heavy atom. The highest BCUT2D eigenvalue weighted by Gasteiger charge is 2.18. The van der Waals surface area contributed by atoms with Crippen molar-refractivity contribution >= 4 is 6.09 Å². The lowest BCUT2D eigenvalue weighted by molar-refractivity contribution is 0.134. The molecule has 0 saturated heterocycles. The van der Waals surface area contributed by atoms with Gasteiger partial charge in [-0.25, -0.2) is 14.2 Å². The van der Waals surface area contributed by atoms with Gasteiger partial charge in [-0.1, -0.05) is 36.4 Å². The number of amides is 1. The fourth-order valence-electron chi connectivity index (χ4n) is 2.37. The van der Waals surface area contributed by atoms with Crippen LogP contribution in [0.25, 0.3) is 0 Å². The second-order valence-electron chi connectivity index (χ2n) is 4.87. The Hall–Kier alpha value is -2.40. The number of fused-ring (bicyclic) bond motifs is 1. The summed E-state index contributed by atoms with van der Waals surface area (Å²) in [6, 6.07) is 13.9. The van der Waals surface area contributed by atoms with Gasteiger partial charge >= 0.3 is 6.09 Å². The summed E-state index contributed by atoms with van der Waals surface area (Å²) in [4.78, 5) is 11.8. The summed E-state index contributed by atoms with van der Waals surface area (Å²) in [5.74, 6) is -0.635. The molecular formula is C16H15FN2O2. The van der Waals surface area contributed by atoms with Crippen LogP contribution >= 0.6 is 0 Å². The van der Waals surface area contributed by atoms with Crippen molar-refractivity contribution in [2.45, 2.75) is 13.0 Å². The summed E-state index contributed by atoms with van der Waals surface area (Å²) in [5, 5.41) is 1.77. The third-order valence-electron chi connectivity index (χ3n) is 3.42. The SMILES string of the molecule is O=C(NN1CCc2ccccc2C1)Oc1ccccc1F. The average molecular weight is 286 g/mol. The molecule has 5 heteroatoms. The summed E-state index contributed by atoms with van der Waals surface area (Å²) in [5.41, 5.74) is 5.11. The first-order valence-electron chi connectivity index (χ1n) is 6.77. The first-order valence-corrected chi connectivity index (χ1v) is 6.77. The van der Waals surface area contributed by atoms with Crippen molar-refractivity contribution in [2.24, 2.45) is 0 Å². The molecule has 1 N–H and O–H groups in total. The largest absolute Gasteiger partial charge is 0.427 e. The van der Waals surface area contributed by atoms with Crippen LogP contribution in [-0.4, -0.2) is 17.6 Å². The smallest absolute Gasteiger partial charge is 0.406 e. The number of ether oxygens (including phenoxy) is 1. The lowest BCUT2D eigenvalue weighted by atomic mass is 10.0. The zero-order chi connectivity index (χ0) is 14.7. The monoisotopic (exact) mass is 286 g/mol. The summed E-state index contributed by atoms with van der Waals surface area (Å²) < 4.78 is 18.4. The van der Waals surface area contributed by atoms with Gasteiger partial charge in [-0.05, 0) is 29.7 Å². The summed E-state index contributed by atoms with van der Waals surface area (Å²) in [7, 11) is 0. The molecule has 3 rings (SSSR count). The van der Waals surface area contributed by atoms with Gasteiger partial charge in [0.15, 0.2) is 11.6 Å². The Kier molecular flexibility index (Phi) is 3.83. The molecule has 0 aliphatic carbocycles. The van der Waals surface area contributed by atoms with E-state index in [-0.39, 0.29) is 5.75 Å². The van der Waals surface area contributed by atoms with Crippen molar-refractivity contribution in [1.82, 2.24) is 10.4 Å². The van der Waals surface area contributed by atoms with E-state index in [9.17, 15) is 9.18 Å². The number of hydrogen-bond acceptors (Lipinski definition) is 3. The highest BCUT2D eigenvalue weighted by molar-refractivity contribution is 5.69. The molecule has 0 bridgehead atoms. The van der Waals surface area contributed by atoms with Crippen LogP contribution in [0.4, 0.5) is 9.18 Å². The lowest BCUT2D eigenvalue weighted by Gasteiger charge is -2.28. The second kappa shape index (κ2) is 5.93. The number of carbonyl (C=O) groups is 1. The molecule has 1 amide bonds. The number of benzene rings is 2. The zero-order valence-corrected chi connectivity index (χ0v) is 11.4. The van der Waals surface area contributed by atoms with Gasteiger partial charge in [-0.3, -0.25) is 5.43 Å². The van der Waals surface area contributed by atoms with Crippen molar-refractivity contribution in [3.63, 3.8) is 0 Å². The van der Waals surface area contributed by atoms with Crippen LogP contribution in [0.5, 0.6) is 5.75 Å². The molecule has 0 spiro atoms. The van der Waals surface area contributed by atoms with Crippen molar-refractivity contribution in [1.29, 1.82) is 0 Å². The van der Waals surface area contributed by atoms with E-state index in [0.29, 0.717) is 13.1 Å². The second-order valence-corrected chi connectivity index (χ2v) is 4.87. The number of carbonyl (C=O) groups excluding carboxylic acids is 1. The first-order chi connectivity index (χ1) is 10.2. The molecule has 0 unspecified atom stereocenters. The quantitative estimate of drug-likeness (QED) is 0.923.